The normalized spacial score (nSPS) is 9.62. The van der Waals surface area contributed by atoms with Gasteiger partial charge in [0.15, 0.2) is 0 Å². The van der Waals surface area contributed by atoms with Crippen LogP contribution in [0, 0.1) is 27.0 Å². The predicted molar refractivity (Wildman–Crippen MR) is 61.1 cm³/mol. The van der Waals surface area contributed by atoms with Gasteiger partial charge in [-0.15, -0.1) is 30.3 Å². The Kier molecular flexibility index (Phi) is 4.28. The zero-order valence-corrected chi connectivity index (χ0v) is 11.8. The SMILES string of the molecule is [CH2-][n+]1cc(C)cc(C)c1-c1[c-]cccc1.[Ir]. The van der Waals surface area contributed by atoms with Gasteiger partial charge in [0.2, 0.25) is 0 Å². The molecule has 2 rings (SSSR count). The van der Waals surface area contributed by atoms with E-state index in [1.54, 1.807) is 0 Å². The Balaban J connectivity index is 0.00000128. The van der Waals surface area contributed by atoms with Crippen molar-refractivity contribution in [1.82, 2.24) is 0 Å². The quantitative estimate of drug-likeness (QED) is 0.523. The van der Waals surface area contributed by atoms with Crippen LogP contribution in [0.5, 0.6) is 0 Å². The molecule has 2 aromatic rings. The second-order valence-electron chi connectivity index (χ2n) is 3.80. The molecule has 0 amide bonds. The molecule has 0 N–H and O–H groups in total. The first-order valence-electron chi connectivity index (χ1n) is 4.99. The molecule has 16 heavy (non-hydrogen) atoms. The fourth-order valence-electron chi connectivity index (χ4n) is 1.89. The smallest absolute Gasteiger partial charge is 0.118 e. The fourth-order valence-corrected chi connectivity index (χ4v) is 1.89. The first-order chi connectivity index (χ1) is 7.18. The van der Waals surface area contributed by atoms with E-state index in [1.165, 1.54) is 11.1 Å². The summed E-state index contributed by atoms with van der Waals surface area (Å²) in [5.74, 6) is 0. The van der Waals surface area contributed by atoms with Gasteiger partial charge in [0.1, 0.15) is 5.69 Å². The van der Waals surface area contributed by atoms with Gasteiger partial charge in [0.05, 0.1) is 6.20 Å². The third kappa shape index (κ3) is 2.52. The summed E-state index contributed by atoms with van der Waals surface area (Å²) in [6.45, 7) is 4.18. The average Bonchev–Trinajstić information content (AvgIpc) is 2.17. The van der Waals surface area contributed by atoms with E-state index in [-0.39, 0.29) is 20.1 Å². The summed E-state index contributed by atoms with van der Waals surface area (Å²) in [5, 5.41) is 0. The number of rotatable bonds is 1. The molecule has 0 atom stereocenters. The molecule has 1 aromatic heterocycles. The predicted octanol–water partition coefficient (Wildman–Crippen LogP) is 2.70. The Bertz CT molecular complexity index is 454. The Morgan fingerprint density at radius 3 is 2.56 bits per heavy atom. The molecule has 1 aromatic carbocycles. The van der Waals surface area contributed by atoms with E-state index in [0.29, 0.717) is 0 Å². The van der Waals surface area contributed by atoms with Gasteiger partial charge in [-0.25, -0.2) is 0 Å². The molecule has 0 aliphatic rings. The maximum atomic E-state index is 4.02. The van der Waals surface area contributed by atoms with Crippen LogP contribution in [-0.2, 0) is 20.1 Å². The number of aromatic nitrogens is 1. The van der Waals surface area contributed by atoms with Crippen LogP contribution >= 0.6 is 0 Å². The summed E-state index contributed by atoms with van der Waals surface area (Å²) in [6, 6.07) is 13.4. The molecule has 1 heterocycles. The van der Waals surface area contributed by atoms with Gasteiger partial charge < -0.3 is 4.57 Å². The van der Waals surface area contributed by atoms with Gasteiger partial charge in [0, 0.05) is 27.2 Å². The number of pyridine rings is 1. The van der Waals surface area contributed by atoms with Crippen LogP contribution in [0.3, 0.4) is 0 Å². The van der Waals surface area contributed by atoms with Crippen LogP contribution in [-0.4, -0.2) is 0 Å². The van der Waals surface area contributed by atoms with Crippen molar-refractivity contribution in [3.8, 4) is 11.3 Å². The van der Waals surface area contributed by atoms with E-state index >= 15 is 0 Å². The van der Waals surface area contributed by atoms with Crippen molar-refractivity contribution >= 4 is 0 Å². The third-order valence-electron chi connectivity index (χ3n) is 2.43. The summed E-state index contributed by atoms with van der Waals surface area (Å²) >= 11 is 0. The molecule has 0 aliphatic carbocycles. The molecule has 0 fully saturated rings. The van der Waals surface area contributed by atoms with E-state index in [1.807, 2.05) is 29.0 Å². The van der Waals surface area contributed by atoms with Crippen molar-refractivity contribution in [3.63, 3.8) is 0 Å². The topological polar surface area (TPSA) is 3.88 Å². The Morgan fingerprint density at radius 2 is 2.00 bits per heavy atom. The van der Waals surface area contributed by atoms with E-state index in [4.69, 9.17) is 0 Å². The monoisotopic (exact) mass is 389 g/mol. The van der Waals surface area contributed by atoms with Crippen molar-refractivity contribution in [3.05, 3.63) is 60.8 Å². The second-order valence-corrected chi connectivity index (χ2v) is 3.80. The summed E-state index contributed by atoms with van der Waals surface area (Å²) in [6.07, 6.45) is 2.03. The van der Waals surface area contributed by atoms with Crippen LogP contribution in [0.15, 0.2) is 36.5 Å². The van der Waals surface area contributed by atoms with Crippen LogP contribution in [0.1, 0.15) is 11.1 Å². The number of nitrogens with zero attached hydrogens (tertiary/aromatic N) is 1. The zero-order valence-electron chi connectivity index (χ0n) is 9.45. The molecule has 0 saturated heterocycles. The van der Waals surface area contributed by atoms with Crippen LogP contribution in [0.4, 0.5) is 0 Å². The van der Waals surface area contributed by atoms with Crippen molar-refractivity contribution in [1.29, 1.82) is 0 Å². The fraction of sp³-hybridized carbons (Fsp3) is 0.143. The minimum absolute atomic E-state index is 0. The first-order valence-corrected chi connectivity index (χ1v) is 4.99. The number of hydrogen-bond donors (Lipinski definition) is 0. The molecule has 0 aliphatic heterocycles. The van der Waals surface area contributed by atoms with E-state index < -0.39 is 0 Å². The van der Waals surface area contributed by atoms with Crippen LogP contribution in [0.25, 0.3) is 11.3 Å². The van der Waals surface area contributed by atoms with E-state index in [2.05, 4.69) is 39.1 Å². The molecule has 0 unspecified atom stereocenters. The molecule has 0 spiro atoms. The maximum absolute atomic E-state index is 4.02. The summed E-state index contributed by atoms with van der Waals surface area (Å²) in [7, 11) is 4.02. The second kappa shape index (κ2) is 5.29. The average molecular weight is 388 g/mol. The van der Waals surface area contributed by atoms with E-state index in [9.17, 15) is 0 Å². The largest absolute Gasteiger partial charge is 0.320 e. The Labute approximate surface area is 110 Å². The van der Waals surface area contributed by atoms with Crippen molar-refractivity contribution in [2.24, 2.45) is 0 Å². The molecule has 2 heteroatoms. The Morgan fingerprint density at radius 1 is 1.25 bits per heavy atom. The van der Waals surface area contributed by atoms with Crippen LogP contribution in [0.2, 0.25) is 0 Å². The van der Waals surface area contributed by atoms with Gasteiger partial charge in [-0.1, -0.05) is 11.6 Å². The number of aryl methyl sites for hydroxylation is 2. The molecule has 85 valence electrons. The standard InChI is InChI=1S/C14H14N.Ir/c1-11-9-12(2)14(15(3)10-11)13-7-5-4-6-8-13;/h4-7,9-10H,3H2,1-2H3;/q-1;. The van der Waals surface area contributed by atoms with Gasteiger partial charge in [-0.2, -0.15) is 0 Å². The summed E-state index contributed by atoms with van der Waals surface area (Å²) in [5.41, 5.74) is 4.67. The molecule has 1 radical (unpaired) electrons. The molecule has 1 nitrogen and oxygen atoms in total. The molecular weight excluding hydrogens is 374 g/mol. The van der Waals surface area contributed by atoms with Gasteiger partial charge >= 0.3 is 0 Å². The maximum Gasteiger partial charge on any atom is 0.118 e. The molecule has 0 bridgehead atoms. The third-order valence-corrected chi connectivity index (χ3v) is 2.43. The van der Waals surface area contributed by atoms with Gasteiger partial charge in [0.25, 0.3) is 0 Å². The minimum Gasteiger partial charge on any atom is -0.320 e. The summed E-state index contributed by atoms with van der Waals surface area (Å²) < 4.78 is 1.91. The van der Waals surface area contributed by atoms with E-state index in [0.717, 1.165) is 11.3 Å². The summed E-state index contributed by atoms with van der Waals surface area (Å²) in [4.78, 5) is 0. The number of hydrogen-bond acceptors (Lipinski definition) is 0. The number of benzene rings is 1. The van der Waals surface area contributed by atoms with Crippen molar-refractivity contribution in [2.45, 2.75) is 13.8 Å². The Hall–Kier alpha value is -1.11. The van der Waals surface area contributed by atoms with Crippen LogP contribution < -0.4 is 4.57 Å². The van der Waals surface area contributed by atoms with Gasteiger partial charge in [-0.3, -0.25) is 0 Å². The van der Waals surface area contributed by atoms with Crippen molar-refractivity contribution < 1.29 is 24.7 Å². The van der Waals surface area contributed by atoms with Gasteiger partial charge in [-0.05, 0) is 25.0 Å². The molecule has 0 saturated carbocycles. The minimum atomic E-state index is 0. The molecular formula is C14H14IrN-. The zero-order chi connectivity index (χ0) is 10.8. The first kappa shape index (κ1) is 13.0. The van der Waals surface area contributed by atoms with Crippen molar-refractivity contribution in [2.75, 3.05) is 0 Å².